The van der Waals surface area contributed by atoms with E-state index in [-0.39, 0.29) is 12.0 Å². The quantitative estimate of drug-likeness (QED) is 0.906. The van der Waals surface area contributed by atoms with Crippen molar-refractivity contribution >= 4 is 11.6 Å². The minimum absolute atomic E-state index is 0.166. The monoisotopic (exact) mass is 285 g/mol. The Labute approximate surface area is 113 Å². The molecule has 2 N–H and O–H groups in total. The van der Waals surface area contributed by atoms with E-state index in [0.29, 0.717) is 10.6 Å². The van der Waals surface area contributed by atoms with Crippen molar-refractivity contribution in [1.82, 2.24) is 0 Å². The minimum Gasteiger partial charge on any atom is -0.324 e. The molecule has 0 aliphatic rings. The fourth-order valence-electron chi connectivity index (χ4n) is 1.85. The molecule has 0 aliphatic heterocycles. The molecule has 1 atom stereocenters. The van der Waals surface area contributed by atoms with Crippen molar-refractivity contribution in [3.05, 3.63) is 70.0 Å². The summed E-state index contributed by atoms with van der Waals surface area (Å²) in [4.78, 5) is 0. The number of rotatable bonds is 3. The Morgan fingerprint density at radius 2 is 1.63 bits per heavy atom. The summed E-state index contributed by atoms with van der Waals surface area (Å²) < 4.78 is 39.5. The smallest absolute Gasteiger partial charge is 0.130 e. The summed E-state index contributed by atoms with van der Waals surface area (Å²) in [6, 6.07) is 6.36. The number of halogens is 4. The Morgan fingerprint density at radius 1 is 1.00 bits per heavy atom. The molecule has 0 amide bonds. The van der Waals surface area contributed by atoms with Crippen LogP contribution < -0.4 is 5.73 Å². The van der Waals surface area contributed by atoms with E-state index in [0.717, 1.165) is 12.1 Å². The largest absolute Gasteiger partial charge is 0.324 e. The first kappa shape index (κ1) is 13.9. The zero-order valence-corrected chi connectivity index (χ0v) is 10.6. The van der Waals surface area contributed by atoms with Gasteiger partial charge in [0, 0.05) is 22.7 Å². The third kappa shape index (κ3) is 3.28. The van der Waals surface area contributed by atoms with Gasteiger partial charge in [-0.15, -0.1) is 0 Å². The molecule has 19 heavy (non-hydrogen) atoms. The minimum atomic E-state index is -0.722. The standard InChI is InChI=1S/C14H11ClF3N/c15-12-4-2-9(16)5-8(12)6-14(19)11-3-1-10(17)7-13(11)18/h1-5,7,14H,6,19H2. The first-order valence-electron chi connectivity index (χ1n) is 5.62. The second-order valence-electron chi connectivity index (χ2n) is 4.21. The van der Waals surface area contributed by atoms with E-state index in [9.17, 15) is 13.2 Å². The summed E-state index contributed by atoms with van der Waals surface area (Å²) in [7, 11) is 0. The fourth-order valence-corrected chi connectivity index (χ4v) is 2.04. The lowest BCUT2D eigenvalue weighted by atomic mass is 9.99. The van der Waals surface area contributed by atoms with Gasteiger partial charge in [0.05, 0.1) is 0 Å². The van der Waals surface area contributed by atoms with Crippen molar-refractivity contribution in [2.24, 2.45) is 5.73 Å². The summed E-state index contributed by atoms with van der Waals surface area (Å²) in [6.45, 7) is 0. The third-order valence-corrected chi connectivity index (χ3v) is 3.18. The van der Waals surface area contributed by atoms with Crippen LogP contribution in [-0.4, -0.2) is 0 Å². The fraction of sp³-hybridized carbons (Fsp3) is 0.143. The molecule has 0 bridgehead atoms. The number of hydrogen-bond acceptors (Lipinski definition) is 1. The van der Waals surface area contributed by atoms with Gasteiger partial charge in [-0.05, 0) is 36.2 Å². The molecule has 0 heterocycles. The number of hydrogen-bond donors (Lipinski definition) is 1. The molecule has 0 aliphatic carbocycles. The van der Waals surface area contributed by atoms with Gasteiger partial charge in [-0.3, -0.25) is 0 Å². The van der Waals surface area contributed by atoms with Gasteiger partial charge in [-0.1, -0.05) is 17.7 Å². The summed E-state index contributed by atoms with van der Waals surface area (Å²) in [6.07, 6.45) is 0.166. The molecule has 0 aromatic heterocycles. The van der Waals surface area contributed by atoms with Crippen LogP contribution in [0, 0.1) is 17.5 Å². The van der Waals surface area contributed by atoms with Crippen LogP contribution in [-0.2, 0) is 6.42 Å². The second kappa shape index (κ2) is 5.63. The van der Waals surface area contributed by atoms with Gasteiger partial charge in [0.1, 0.15) is 17.5 Å². The van der Waals surface area contributed by atoms with Gasteiger partial charge in [-0.25, -0.2) is 13.2 Å². The van der Waals surface area contributed by atoms with E-state index in [1.54, 1.807) is 0 Å². The Balaban J connectivity index is 2.25. The first-order chi connectivity index (χ1) is 8.97. The van der Waals surface area contributed by atoms with Crippen molar-refractivity contribution in [3.63, 3.8) is 0 Å². The van der Waals surface area contributed by atoms with E-state index < -0.39 is 23.5 Å². The highest BCUT2D eigenvalue weighted by molar-refractivity contribution is 6.31. The van der Waals surface area contributed by atoms with Gasteiger partial charge in [0.2, 0.25) is 0 Å². The zero-order chi connectivity index (χ0) is 14.0. The molecule has 1 unspecified atom stereocenters. The van der Waals surface area contributed by atoms with E-state index in [4.69, 9.17) is 17.3 Å². The van der Waals surface area contributed by atoms with Crippen LogP contribution >= 0.6 is 11.6 Å². The summed E-state index contributed by atoms with van der Waals surface area (Å²) in [5, 5.41) is 0.361. The Hall–Kier alpha value is -1.52. The van der Waals surface area contributed by atoms with Crippen LogP contribution in [0.25, 0.3) is 0 Å². The van der Waals surface area contributed by atoms with Crippen molar-refractivity contribution in [2.45, 2.75) is 12.5 Å². The molecule has 2 aromatic carbocycles. The molecule has 0 radical (unpaired) electrons. The van der Waals surface area contributed by atoms with Gasteiger partial charge in [0.25, 0.3) is 0 Å². The van der Waals surface area contributed by atoms with Crippen molar-refractivity contribution < 1.29 is 13.2 Å². The highest BCUT2D eigenvalue weighted by atomic mass is 35.5. The van der Waals surface area contributed by atoms with Crippen molar-refractivity contribution in [2.75, 3.05) is 0 Å². The maximum atomic E-state index is 13.6. The van der Waals surface area contributed by atoms with Crippen LogP contribution in [0.2, 0.25) is 5.02 Å². The lowest BCUT2D eigenvalue weighted by Gasteiger charge is -2.14. The molecular weight excluding hydrogens is 275 g/mol. The molecule has 2 rings (SSSR count). The highest BCUT2D eigenvalue weighted by Crippen LogP contribution is 2.24. The number of benzene rings is 2. The lowest BCUT2D eigenvalue weighted by Crippen LogP contribution is -2.15. The Morgan fingerprint density at radius 3 is 2.32 bits per heavy atom. The van der Waals surface area contributed by atoms with Gasteiger partial charge < -0.3 is 5.73 Å². The second-order valence-corrected chi connectivity index (χ2v) is 4.62. The molecule has 1 nitrogen and oxygen atoms in total. The van der Waals surface area contributed by atoms with Gasteiger partial charge >= 0.3 is 0 Å². The third-order valence-electron chi connectivity index (χ3n) is 2.81. The summed E-state index contributed by atoms with van der Waals surface area (Å²) >= 11 is 5.92. The highest BCUT2D eigenvalue weighted by Gasteiger charge is 2.14. The first-order valence-corrected chi connectivity index (χ1v) is 5.99. The summed E-state index contributed by atoms with van der Waals surface area (Å²) in [5.41, 5.74) is 6.51. The average Bonchev–Trinajstić information content (AvgIpc) is 2.33. The SMILES string of the molecule is NC(Cc1cc(F)ccc1Cl)c1ccc(F)cc1F. The van der Waals surface area contributed by atoms with E-state index in [2.05, 4.69) is 0 Å². The molecular formula is C14H11ClF3N. The number of nitrogens with two attached hydrogens (primary N) is 1. The topological polar surface area (TPSA) is 26.0 Å². The Kier molecular flexibility index (Phi) is 4.12. The van der Waals surface area contributed by atoms with E-state index in [1.807, 2.05) is 0 Å². The molecule has 0 saturated heterocycles. The molecule has 2 aromatic rings. The molecule has 5 heteroatoms. The zero-order valence-electron chi connectivity index (χ0n) is 9.84. The van der Waals surface area contributed by atoms with Crippen molar-refractivity contribution in [1.29, 1.82) is 0 Å². The van der Waals surface area contributed by atoms with Crippen LogP contribution in [0.5, 0.6) is 0 Å². The van der Waals surface area contributed by atoms with E-state index in [1.165, 1.54) is 24.3 Å². The Bertz CT molecular complexity index is 601. The average molecular weight is 286 g/mol. The van der Waals surface area contributed by atoms with Crippen LogP contribution in [0.15, 0.2) is 36.4 Å². The predicted molar refractivity (Wildman–Crippen MR) is 68.4 cm³/mol. The lowest BCUT2D eigenvalue weighted by molar-refractivity contribution is 0.553. The van der Waals surface area contributed by atoms with Gasteiger partial charge in [-0.2, -0.15) is 0 Å². The maximum Gasteiger partial charge on any atom is 0.130 e. The van der Waals surface area contributed by atoms with Crippen LogP contribution in [0.4, 0.5) is 13.2 Å². The molecule has 100 valence electrons. The molecule has 0 spiro atoms. The normalized spacial score (nSPS) is 12.5. The molecule has 0 saturated carbocycles. The van der Waals surface area contributed by atoms with Crippen molar-refractivity contribution in [3.8, 4) is 0 Å². The van der Waals surface area contributed by atoms with Gasteiger partial charge in [0.15, 0.2) is 0 Å². The maximum absolute atomic E-state index is 13.6. The molecule has 0 fully saturated rings. The van der Waals surface area contributed by atoms with E-state index >= 15 is 0 Å². The van der Waals surface area contributed by atoms with Crippen LogP contribution in [0.1, 0.15) is 17.2 Å². The summed E-state index contributed by atoms with van der Waals surface area (Å²) in [5.74, 6) is -1.83. The predicted octanol–water partition coefficient (Wildman–Crippen LogP) is 4.00. The van der Waals surface area contributed by atoms with Crippen LogP contribution in [0.3, 0.4) is 0 Å².